The molecule has 2 aromatic carbocycles. The number of benzene rings is 2. The standard InChI is InChI=1S/C19H26N2O2/c1-18(2,3)23-17(22)21-13-19(4,12-20)16-11-7-9-14-8-5-6-10-15(14)16/h5-11H,12-13,20H2,1-4H3,(H,21,22). The van der Waals surface area contributed by atoms with Crippen LogP contribution >= 0.6 is 0 Å². The van der Waals surface area contributed by atoms with Crippen LogP contribution in [-0.4, -0.2) is 24.8 Å². The Labute approximate surface area is 138 Å². The van der Waals surface area contributed by atoms with E-state index >= 15 is 0 Å². The van der Waals surface area contributed by atoms with Gasteiger partial charge in [0.05, 0.1) is 0 Å². The van der Waals surface area contributed by atoms with Gasteiger partial charge in [0.2, 0.25) is 0 Å². The molecule has 124 valence electrons. The minimum absolute atomic E-state index is 0.363. The maximum atomic E-state index is 11.9. The summed E-state index contributed by atoms with van der Waals surface area (Å²) in [5, 5.41) is 5.18. The summed E-state index contributed by atoms with van der Waals surface area (Å²) in [5.74, 6) is 0. The first kappa shape index (κ1) is 17.3. The van der Waals surface area contributed by atoms with Gasteiger partial charge in [0, 0.05) is 18.5 Å². The van der Waals surface area contributed by atoms with Gasteiger partial charge in [0.25, 0.3) is 0 Å². The number of amides is 1. The molecule has 1 amide bonds. The van der Waals surface area contributed by atoms with E-state index < -0.39 is 11.7 Å². The second-order valence-corrected chi connectivity index (χ2v) is 7.15. The average Bonchev–Trinajstić information content (AvgIpc) is 2.50. The second kappa shape index (κ2) is 6.59. The van der Waals surface area contributed by atoms with Crippen molar-refractivity contribution in [2.45, 2.75) is 38.7 Å². The van der Waals surface area contributed by atoms with E-state index in [1.54, 1.807) is 0 Å². The van der Waals surface area contributed by atoms with Gasteiger partial charge in [0.15, 0.2) is 0 Å². The molecule has 0 saturated heterocycles. The fraction of sp³-hybridized carbons (Fsp3) is 0.421. The number of rotatable bonds is 4. The Bertz CT molecular complexity index is 686. The number of nitrogens with one attached hydrogen (secondary N) is 1. The Morgan fingerprint density at radius 3 is 2.39 bits per heavy atom. The molecule has 0 spiro atoms. The van der Waals surface area contributed by atoms with Crippen LogP contribution in [0.5, 0.6) is 0 Å². The van der Waals surface area contributed by atoms with Gasteiger partial charge in [-0.3, -0.25) is 0 Å². The number of nitrogens with two attached hydrogens (primary N) is 1. The van der Waals surface area contributed by atoms with E-state index in [9.17, 15) is 4.79 Å². The van der Waals surface area contributed by atoms with Crippen LogP contribution < -0.4 is 11.1 Å². The molecule has 1 atom stereocenters. The SMILES string of the molecule is CC(C)(C)OC(=O)NCC(C)(CN)c1cccc2ccccc12. The summed E-state index contributed by atoms with van der Waals surface area (Å²) in [6.07, 6.45) is -0.419. The highest BCUT2D eigenvalue weighted by Gasteiger charge is 2.28. The monoisotopic (exact) mass is 314 g/mol. The van der Waals surface area contributed by atoms with Crippen molar-refractivity contribution in [2.75, 3.05) is 13.1 Å². The lowest BCUT2D eigenvalue weighted by atomic mass is 9.80. The molecule has 0 radical (unpaired) electrons. The number of carbonyl (C=O) groups is 1. The molecular formula is C19H26N2O2. The number of ether oxygens (including phenoxy) is 1. The van der Waals surface area contributed by atoms with Crippen LogP contribution in [-0.2, 0) is 10.2 Å². The summed E-state index contributed by atoms with van der Waals surface area (Å²) in [6.45, 7) is 8.45. The molecule has 3 N–H and O–H groups in total. The molecule has 0 saturated carbocycles. The fourth-order valence-electron chi connectivity index (χ4n) is 2.61. The summed E-state index contributed by atoms with van der Waals surface area (Å²) >= 11 is 0. The number of carbonyl (C=O) groups excluding carboxylic acids is 1. The number of fused-ring (bicyclic) bond motifs is 1. The van der Waals surface area contributed by atoms with Gasteiger partial charge in [0.1, 0.15) is 5.60 Å². The molecule has 0 fully saturated rings. The summed E-state index contributed by atoms with van der Waals surface area (Å²) in [7, 11) is 0. The van der Waals surface area contributed by atoms with Gasteiger partial charge in [-0.1, -0.05) is 49.4 Å². The zero-order chi connectivity index (χ0) is 17.1. The molecule has 2 aromatic rings. The highest BCUT2D eigenvalue weighted by molar-refractivity contribution is 5.86. The Hall–Kier alpha value is -2.07. The van der Waals surface area contributed by atoms with E-state index in [4.69, 9.17) is 10.5 Å². The van der Waals surface area contributed by atoms with Gasteiger partial charge in [-0.2, -0.15) is 0 Å². The zero-order valence-corrected chi connectivity index (χ0v) is 14.3. The first-order valence-corrected chi connectivity index (χ1v) is 7.90. The predicted molar refractivity (Wildman–Crippen MR) is 94.6 cm³/mol. The topological polar surface area (TPSA) is 64.3 Å². The molecule has 1 unspecified atom stereocenters. The first-order chi connectivity index (χ1) is 10.7. The lowest BCUT2D eigenvalue weighted by molar-refractivity contribution is 0.0516. The largest absolute Gasteiger partial charge is 0.444 e. The number of alkyl carbamates (subject to hydrolysis) is 1. The van der Waals surface area contributed by atoms with Crippen molar-refractivity contribution in [2.24, 2.45) is 5.73 Å². The molecule has 0 aliphatic rings. The van der Waals surface area contributed by atoms with Crippen LogP contribution in [0.15, 0.2) is 42.5 Å². The highest BCUT2D eigenvalue weighted by atomic mass is 16.6. The van der Waals surface area contributed by atoms with Gasteiger partial charge in [-0.25, -0.2) is 4.79 Å². The molecule has 0 heterocycles. The molecule has 23 heavy (non-hydrogen) atoms. The normalized spacial score (nSPS) is 14.3. The minimum Gasteiger partial charge on any atom is -0.444 e. The Balaban J connectivity index is 2.24. The summed E-state index contributed by atoms with van der Waals surface area (Å²) in [6, 6.07) is 14.4. The Morgan fingerprint density at radius 1 is 1.09 bits per heavy atom. The quantitative estimate of drug-likeness (QED) is 0.906. The van der Waals surface area contributed by atoms with Crippen LogP contribution in [0.4, 0.5) is 4.79 Å². The van der Waals surface area contributed by atoms with Crippen molar-refractivity contribution < 1.29 is 9.53 Å². The highest BCUT2D eigenvalue weighted by Crippen LogP contribution is 2.29. The van der Waals surface area contributed by atoms with E-state index in [1.165, 1.54) is 5.39 Å². The average molecular weight is 314 g/mol. The third-order valence-corrected chi connectivity index (χ3v) is 3.91. The second-order valence-electron chi connectivity index (χ2n) is 7.15. The van der Waals surface area contributed by atoms with E-state index in [-0.39, 0.29) is 5.41 Å². The predicted octanol–water partition coefficient (Wildman–Crippen LogP) is 3.58. The van der Waals surface area contributed by atoms with E-state index in [0.29, 0.717) is 13.1 Å². The molecule has 2 rings (SSSR count). The van der Waals surface area contributed by atoms with Crippen LogP contribution in [0.3, 0.4) is 0 Å². The zero-order valence-electron chi connectivity index (χ0n) is 14.3. The third kappa shape index (κ3) is 4.23. The molecule has 0 aliphatic heterocycles. The van der Waals surface area contributed by atoms with Gasteiger partial charge >= 0.3 is 6.09 Å². The maximum absolute atomic E-state index is 11.9. The number of hydrogen-bond acceptors (Lipinski definition) is 3. The third-order valence-electron chi connectivity index (χ3n) is 3.91. The molecule has 0 bridgehead atoms. The van der Waals surface area contributed by atoms with E-state index in [0.717, 1.165) is 10.9 Å². The van der Waals surface area contributed by atoms with Crippen LogP contribution in [0.1, 0.15) is 33.3 Å². The van der Waals surface area contributed by atoms with Crippen molar-refractivity contribution in [1.29, 1.82) is 0 Å². The Morgan fingerprint density at radius 2 is 1.74 bits per heavy atom. The lowest BCUT2D eigenvalue weighted by Crippen LogP contribution is -2.45. The minimum atomic E-state index is -0.511. The molecular weight excluding hydrogens is 288 g/mol. The van der Waals surface area contributed by atoms with Crippen molar-refractivity contribution in [3.05, 3.63) is 48.0 Å². The Kier molecular flexibility index (Phi) is 4.95. The van der Waals surface area contributed by atoms with Crippen molar-refractivity contribution in [3.63, 3.8) is 0 Å². The lowest BCUT2D eigenvalue weighted by Gasteiger charge is -2.31. The van der Waals surface area contributed by atoms with Gasteiger partial charge in [-0.05, 0) is 37.1 Å². The van der Waals surface area contributed by atoms with E-state index in [1.807, 2.05) is 39.0 Å². The maximum Gasteiger partial charge on any atom is 0.407 e. The molecule has 4 nitrogen and oxygen atoms in total. The van der Waals surface area contributed by atoms with E-state index in [2.05, 4.69) is 36.5 Å². The molecule has 0 aliphatic carbocycles. The first-order valence-electron chi connectivity index (χ1n) is 7.90. The fourth-order valence-corrected chi connectivity index (χ4v) is 2.61. The van der Waals surface area contributed by atoms with Crippen LogP contribution in [0.25, 0.3) is 10.8 Å². The number of hydrogen-bond donors (Lipinski definition) is 2. The van der Waals surface area contributed by atoms with Crippen molar-refractivity contribution in [3.8, 4) is 0 Å². The molecule has 0 aromatic heterocycles. The summed E-state index contributed by atoms with van der Waals surface area (Å²) < 4.78 is 5.31. The van der Waals surface area contributed by atoms with Crippen LogP contribution in [0, 0.1) is 0 Å². The van der Waals surface area contributed by atoms with Gasteiger partial charge < -0.3 is 15.8 Å². The summed E-state index contributed by atoms with van der Waals surface area (Å²) in [4.78, 5) is 11.9. The summed E-state index contributed by atoms with van der Waals surface area (Å²) in [5.41, 5.74) is 6.31. The smallest absolute Gasteiger partial charge is 0.407 e. The van der Waals surface area contributed by atoms with Gasteiger partial charge in [-0.15, -0.1) is 0 Å². The molecule has 4 heteroatoms. The van der Waals surface area contributed by atoms with Crippen molar-refractivity contribution in [1.82, 2.24) is 5.32 Å². The van der Waals surface area contributed by atoms with Crippen molar-refractivity contribution >= 4 is 16.9 Å². The van der Waals surface area contributed by atoms with Crippen LogP contribution in [0.2, 0.25) is 0 Å².